The summed E-state index contributed by atoms with van der Waals surface area (Å²) in [5.74, 6) is 1.55. The average Bonchev–Trinajstić information content (AvgIpc) is 3.03. The lowest BCUT2D eigenvalue weighted by atomic mass is 9.89. The second-order valence-corrected chi connectivity index (χ2v) is 16.4. The standard InChI is InChI=1S/C25H37ClN4O2Si/c1-24(2,3)33(6,7)32-16-20-27-22(26)21-23(28-20)30(17-25(21,4)5)19-10-8-18(9-11-19)29-12-14-31-15-13-29/h8-11H,12-17H2,1-7H3. The second-order valence-electron chi connectivity index (χ2n) is 11.3. The van der Waals surface area contributed by atoms with E-state index in [0.717, 1.165) is 49.9 Å². The first-order valence-electron chi connectivity index (χ1n) is 11.8. The summed E-state index contributed by atoms with van der Waals surface area (Å²) >= 11 is 6.74. The van der Waals surface area contributed by atoms with Gasteiger partial charge >= 0.3 is 0 Å². The molecule has 180 valence electrons. The van der Waals surface area contributed by atoms with Crippen molar-refractivity contribution in [1.29, 1.82) is 0 Å². The Kier molecular flexibility index (Phi) is 6.55. The molecule has 1 aromatic heterocycles. The number of benzene rings is 1. The molecule has 0 atom stereocenters. The summed E-state index contributed by atoms with van der Waals surface area (Å²) in [6.07, 6.45) is 0. The van der Waals surface area contributed by atoms with Crippen LogP contribution in [0.15, 0.2) is 24.3 Å². The van der Waals surface area contributed by atoms with Crippen molar-refractivity contribution >= 4 is 37.1 Å². The van der Waals surface area contributed by atoms with Crippen molar-refractivity contribution in [2.75, 3.05) is 42.6 Å². The van der Waals surface area contributed by atoms with Crippen LogP contribution < -0.4 is 9.80 Å². The molecule has 0 unspecified atom stereocenters. The van der Waals surface area contributed by atoms with Gasteiger partial charge in [0.05, 0.1) is 19.8 Å². The van der Waals surface area contributed by atoms with Crippen molar-refractivity contribution in [1.82, 2.24) is 9.97 Å². The van der Waals surface area contributed by atoms with Crippen molar-refractivity contribution in [2.24, 2.45) is 0 Å². The van der Waals surface area contributed by atoms with Crippen LogP contribution in [-0.4, -0.2) is 51.1 Å². The summed E-state index contributed by atoms with van der Waals surface area (Å²) in [7, 11) is -1.91. The van der Waals surface area contributed by atoms with Crippen LogP contribution in [0.5, 0.6) is 0 Å². The fourth-order valence-corrected chi connectivity index (χ4v) is 5.56. The summed E-state index contributed by atoms with van der Waals surface area (Å²) in [4.78, 5) is 14.2. The molecule has 1 fully saturated rings. The number of hydrogen-bond donors (Lipinski definition) is 0. The van der Waals surface area contributed by atoms with Gasteiger partial charge in [0.1, 0.15) is 11.0 Å². The molecule has 33 heavy (non-hydrogen) atoms. The van der Waals surface area contributed by atoms with Gasteiger partial charge in [0.15, 0.2) is 14.1 Å². The number of fused-ring (bicyclic) bond motifs is 1. The zero-order valence-electron chi connectivity index (χ0n) is 21.0. The topological polar surface area (TPSA) is 50.7 Å². The Morgan fingerprint density at radius 3 is 2.27 bits per heavy atom. The number of anilines is 3. The zero-order valence-corrected chi connectivity index (χ0v) is 22.8. The molecular weight excluding hydrogens is 452 g/mol. The van der Waals surface area contributed by atoms with Gasteiger partial charge in [0.2, 0.25) is 0 Å². The van der Waals surface area contributed by atoms with E-state index in [9.17, 15) is 0 Å². The highest BCUT2D eigenvalue weighted by Gasteiger charge is 2.41. The largest absolute Gasteiger partial charge is 0.409 e. The lowest BCUT2D eigenvalue weighted by molar-refractivity contribution is 0.122. The third kappa shape index (κ3) is 4.92. The van der Waals surface area contributed by atoms with Crippen molar-refractivity contribution in [3.05, 3.63) is 40.8 Å². The molecule has 0 bridgehead atoms. The molecule has 2 aliphatic heterocycles. The van der Waals surface area contributed by atoms with E-state index in [1.807, 2.05) is 0 Å². The summed E-state index contributed by atoms with van der Waals surface area (Å²) in [5.41, 5.74) is 3.21. The summed E-state index contributed by atoms with van der Waals surface area (Å²) in [6.45, 7) is 20.2. The van der Waals surface area contributed by atoms with E-state index in [4.69, 9.17) is 25.7 Å². The van der Waals surface area contributed by atoms with E-state index in [1.165, 1.54) is 5.69 Å². The number of hydrogen-bond acceptors (Lipinski definition) is 6. The monoisotopic (exact) mass is 488 g/mol. The van der Waals surface area contributed by atoms with Crippen LogP contribution in [0.4, 0.5) is 17.2 Å². The minimum absolute atomic E-state index is 0.129. The SMILES string of the molecule is CC1(C)CN(c2ccc(N3CCOCC3)cc2)c2nc(CO[Si](C)(C)C(C)(C)C)nc(Cl)c21. The minimum Gasteiger partial charge on any atom is -0.409 e. The van der Waals surface area contributed by atoms with Crippen molar-refractivity contribution < 1.29 is 9.16 Å². The first-order chi connectivity index (χ1) is 15.4. The highest BCUT2D eigenvalue weighted by molar-refractivity contribution is 6.74. The quantitative estimate of drug-likeness (QED) is 0.384. The maximum absolute atomic E-state index is 6.74. The van der Waals surface area contributed by atoms with Crippen LogP contribution in [0.1, 0.15) is 46.0 Å². The Morgan fingerprint density at radius 2 is 1.67 bits per heavy atom. The van der Waals surface area contributed by atoms with E-state index in [1.54, 1.807) is 0 Å². The van der Waals surface area contributed by atoms with Gasteiger partial charge in [-0.1, -0.05) is 46.2 Å². The maximum Gasteiger partial charge on any atom is 0.192 e. The second kappa shape index (κ2) is 8.84. The number of halogens is 1. The predicted molar refractivity (Wildman–Crippen MR) is 139 cm³/mol. The van der Waals surface area contributed by atoms with Gasteiger partial charge in [0.25, 0.3) is 0 Å². The van der Waals surface area contributed by atoms with E-state index in [0.29, 0.717) is 17.6 Å². The maximum atomic E-state index is 6.74. The number of nitrogens with zero attached hydrogens (tertiary/aromatic N) is 4. The molecule has 1 aromatic carbocycles. The Bertz CT molecular complexity index is 999. The average molecular weight is 489 g/mol. The van der Waals surface area contributed by atoms with E-state index >= 15 is 0 Å². The molecule has 0 N–H and O–H groups in total. The third-order valence-electron chi connectivity index (χ3n) is 7.28. The zero-order chi connectivity index (χ0) is 24.0. The first-order valence-corrected chi connectivity index (χ1v) is 15.1. The smallest absolute Gasteiger partial charge is 0.192 e. The molecule has 0 saturated carbocycles. The van der Waals surface area contributed by atoms with Crippen molar-refractivity contribution in [3.8, 4) is 0 Å². The molecule has 4 rings (SSSR count). The van der Waals surface area contributed by atoms with Crippen molar-refractivity contribution in [2.45, 2.75) is 64.8 Å². The fourth-order valence-electron chi connectivity index (χ4n) is 4.20. The minimum atomic E-state index is -1.91. The summed E-state index contributed by atoms with van der Waals surface area (Å²) in [6, 6.07) is 8.74. The van der Waals surface area contributed by atoms with Gasteiger partial charge < -0.3 is 19.0 Å². The molecule has 0 spiro atoms. The molecule has 0 radical (unpaired) electrons. The molecule has 0 amide bonds. The number of rotatable bonds is 5. The van der Waals surface area contributed by atoms with Crippen LogP contribution in [0, 0.1) is 0 Å². The van der Waals surface area contributed by atoms with Gasteiger partial charge in [-0.2, -0.15) is 0 Å². The molecule has 8 heteroatoms. The molecule has 2 aliphatic rings. The Labute approximate surface area is 204 Å². The number of morpholine rings is 1. The lowest BCUT2D eigenvalue weighted by Gasteiger charge is -2.35. The molecule has 1 saturated heterocycles. The van der Waals surface area contributed by atoms with Crippen LogP contribution >= 0.6 is 11.6 Å². The van der Waals surface area contributed by atoms with Crippen LogP contribution in [0.3, 0.4) is 0 Å². The van der Waals surface area contributed by atoms with Gasteiger partial charge in [-0.3, -0.25) is 0 Å². The fraction of sp³-hybridized carbons (Fsp3) is 0.600. The van der Waals surface area contributed by atoms with Crippen molar-refractivity contribution in [3.63, 3.8) is 0 Å². The molecule has 6 nitrogen and oxygen atoms in total. The van der Waals surface area contributed by atoms with Gasteiger partial charge in [-0.25, -0.2) is 9.97 Å². The predicted octanol–water partition coefficient (Wildman–Crippen LogP) is 5.92. The van der Waals surface area contributed by atoms with Gasteiger partial charge in [0, 0.05) is 42.0 Å². The molecule has 3 heterocycles. The third-order valence-corrected chi connectivity index (χ3v) is 12.0. The number of aromatic nitrogens is 2. The van der Waals surface area contributed by atoms with Crippen LogP contribution in [0.25, 0.3) is 0 Å². The van der Waals surface area contributed by atoms with E-state index < -0.39 is 8.32 Å². The number of ether oxygens (including phenoxy) is 1. The molecule has 2 aromatic rings. The lowest BCUT2D eigenvalue weighted by Crippen LogP contribution is -2.40. The van der Waals surface area contributed by atoms with E-state index in [-0.39, 0.29) is 10.5 Å². The van der Waals surface area contributed by atoms with Crippen LogP contribution in [0.2, 0.25) is 23.3 Å². The normalized spacial score (nSPS) is 18.5. The Hall–Kier alpha value is -1.67. The van der Waals surface area contributed by atoms with Gasteiger partial charge in [-0.05, 0) is 42.4 Å². The molecular formula is C25H37ClN4O2Si. The highest BCUT2D eigenvalue weighted by atomic mass is 35.5. The molecule has 0 aliphatic carbocycles. The first kappa shape index (κ1) is 24.5. The summed E-state index contributed by atoms with van der Waals surface area (Å²) in [5, 5.41) is 0.662. The Balaban J connectivity index is 1.61. The van der Waals surface area contributed by atoms with Gasteiger partial charge in [-0.15, -0.1) is 0 Å². The highest BCUT2D eigenvalue weighted by Crippen LogP contribution is 2.46. The van der Waals surface area contributed by atoms with Crippen LogP contribution in [-0.2, 0) is 21.2 Å². The van der Waals surface area contributed by atoms with E-state index in [2.05, 4.69) is 86.8 Å². The summed E-state index contributed by atoms with van der Waals surface area (Å²) < 4.78 is 11.9. The Morgan fingerprint density at radius 1 is 1.06 bits per heavy atom.